The second kappa shape index (κ2) is 4.55. The summed E-state index contributed by atoms with van der Waals surface area (Å²) in [6, 6.07) is 1.78. The first-order valence-corrected chi connectivity index (χ1v) is 5.74. The van der Waals surface area contributed by atoms with Crippen LogP contribution in [0.4, 0.5) is 0 Å². The van der Waals surface area contributed by atoms with Crippen LogP contribution in [0.3, 0.4) is 0 Å². The van der Waals surface area contributed by atoms with E-state index >= 15 is 0 Å². The summed E-state index contributed by atoms with van der Waals surface area (Å²) < 4.78 is 0. The lowest BCUT2D eigenvalue weighted by Gasteiger charge is -2.02. The van der Waals surface area contributed by atoms with E-state index in [0.29, 0.717) is 10.3 Å². The lowest BCUT2D eigenvalue weighted by molar-refractivity contribution is 0.973. The van der Waals surface area contributed by atoms with Gasteiger partial charge in [-0.3, -0.25) is 0 Å². The Kier molecular flexibility index (Phi) is 3.13. The monoisotopic (exact) mass is 238 g/mol. The molecule has 0 amide bonds. The zero-order valence-corrected chi connectivity index (χ0v) is 9.46. The fourth-order valence-corrected chi connectivity index (χ4v) is 1.62. The van der Waals surface area contributed by atoms with Crippen molar-refractivity contribution in [3.63, 3.8) is 0 Å². The van der Waals surface area contributed by atoms with Gasteiger partial charge in [0.25, 0.3) is 0 Å². The number of hydrogen-bond acceptors (Lipinski definition) is 5. The normalized spacial score (nSPS) is 10.3. The third-order valence-electron chi connectivity index (χ3n) is 1.76. The van der Waals surface area contributed by atoms with Gasteiger partial charge in [-0.1, -0.05) is 23.4 Å². The highest BCUT2D eigenvalue weighted by molar-refractivity contribution is 7.98. The summed E-state index contributed by atoms with van der Waals surface area (Å²) in [6.07, 6.45) is 6.66. The fraction of sp³-hybridized carbons (Fsp3) is 0.111. The Labute approximate surface area is 96.2 Å². The molecule has 0 unspecified atom stereocenters. The van der Waals surface area contributed by atoms with Crippen molar-refractivity contribution in [3.8, 4) is 11.3 Å². The first-order valence-electron chi connectivity index (χ1n) is 4.14. The zero-order valence-electron chi connectivity index (χ0n) is 7.88. The van der Waals surface area contributed by atoms with Crippen molar-refractivity contribution < 1.29 is 0 Å². The smallest absolute Gasteiger partial charge is 0.187 e. The van der Waals surface area contributed by atoms with Crippen LogP contribution in [-0.4, -0.2) is 26.2 Å². The molecule has 2 aromatic rings. The molecular weight excluding hydrogens is 232 g/mol. The van der Waals surface area contributed by atoms with Crippen molar-refractivity contribution >= 4 is 23.4 Å². The third-order valence-corrected chi connectivity index (χ3v) is 2.62. The van der Waals surface area contributed by atoms with E-state index in [1.54, 1.807) is 18.5 Å². The summed E-state index contributed by atoms with van der Waals surface area (Å²) in [5.74, 6) is 0. The van der Waals surface area contributed by atoms with Gasteiger partial charge in [0.2, 0.25) is 0 Å². The van der Waals surface area contributed by atoms with E-state index in [-0.39, 0.29) is 0 Å². The van der Waals surface area contributed by atoms with Gasteiger partial charge in [0, 0.05) is 12.4 Å². The molecule has 0 atom stereocenters. The first-order chi connectivity index (χ1) is 7.31. The van der Waals surface area contributed by atoms with E-state index in [0.717, 1.165) is 11.3 Å². The molecule has 2 heterocycles. The summed E-state index contributed by atoms with van der Waals surface area (Å²) in [5, 5.41) is 1.10. The molecular formula is C9H7ClN4S. The van der Waals surface area contributed by atoms with E-state index in [2.05, 4.69) is 19.9 Å². The number of halogens is 1. The molecule has 76 valence electrons. The molecule has 0 saturated heterocycles. The maximum atomic E-state index is 5.94. The molecule has 4 nitrogen and oxygen atoms in total. The molecule has 15 heavy (non-hydrogen) atoms. The Bertz CT molecular complexity index is 477. The van der Waals surface area contributed by atoms with Crippen LogP contribution < -0.4 is 0 Å². The molecule has 0 bridgehead atoms. The van der Waals surface area contributed by atoms with Gasteiger partial charge in [0.15, 0.2) is 5.16 Å². The van der Waals surface area contributed by atoms with Crippen LogP contribution in [0, 0.1) is 0 Å². The van der Waals surface area contributed by atoms with Crippen LogP contribution in [-0.2, 0) is 0 Å². The molecule has 2 aromatic heterocycles. The maximum absolute atomic E-state index is 5.94. The predicted molar refractivity (Wildman–Crippen MR) is 59.8 cm³/mol. The minimum atomic E-state index is 0.399. The van der Waals surface area contributed by atoms with E-state index < -0.39 is 0 Å². The lowest BCUT2D eigenvalue weighted by atomic mass is 10.2. The van der Waals surface area contributed by atoms with Gasteiger partial charge in [-0.25, -0.2) is 19.9 Å². The minimum absolute atomic E-state index is 0.399. The standard InChI is InChI=1S/C9H7ClN4S/c1-15-9-12-3-2-7(14-9)6-4-11-5-13-8(6)10/h2-5H,1H3. The average Bonchev–Trinajstić information content (AvgIpc) is 2.30. The summed E-state index contributed by atoms with van der Waals surface area (Å²) in [7, 11) is 0. The van der Waals surface area contributed by atoms with Crippen LogP contribution in [0.2, 0.25) is 5.15 Å². The highest BCUT2D eigenvalue weighted by Crippen LogP contribution is 2.23. The van der Waals surface area contributed by atoms with Crippen LogP contribution >= 0.6 is 23.4 Å². The molecule has 0 saturated carbocycles. The fourth-order valence-electron chi connectivity index (χ4n) is 1.08. The van der Waals surface area contributed by atoms with Crippen molar-refractivity contribution in [2.24, 2.45) is 0 Å². The Morgan fingerprint density at radius 3 is 2.93 bits per heavy atom. The Morgan fingerprint density at radius 2 is 2.20 bits per heavy atom. The van der Waals surface area contributed by atoms with Crippen LogP contribution in [0.1, 0.15) is 0 Å². The van der Waals surface area contributed by atoms with Crippen LogP contribution in [0.15, 0.2) is 29.9 Å². The average molecular weight is 239 g/mol. The van der Waals surface area contributed by atoms with Crippen molar-refractivity contribution in [2.75, 3.05) is 6.26 Å². The van der Waals surface area contributed by atoms with E-state index in [1.807, 2.05) is 6.26 Å². The number of hydrogen-bond donors (Lipinski definition) is 0. The molecule has 0 fully saturated rings. The molecule has 0 aliphatic carbocycles. The molecule has 2 rings (SSSR count). The maximum Gasteiger partial charge on any atom is 0.187 e. The SMILES string of the molecule is CSc1nccc(-c2cncnc2Cl)n1. The summed E-state index contributed by atoms with van der Waals surface area (Å²) in [5.41, 5.74) is 1.46. The lowest BCUT2D eigenvalue weighted by Crippen LogP contribution is -1.91. The molecule has 0 aromatic carbocycles. The van der Waals surface area contributed by atoms with E-state index in [4.69, 9.17) is 11.6 Å². The number of nitrogens with zero attached hydrogens (tertiary/aromatic N) is 4. The zero-order chi connectivity index (χ0) is 10.7. The van der Waals surface area contributed by atoms with Gasteiger partial charge in [0.1, 0.15) is 11.5 Å². The van der Waals surface area contributed by atoms with Crippen molar-refractivity contribution in [1.82, 2.24) is 19.9 Å². The Hall–Kier alpha value is -1.20. The largest absolute Gasteiger partial charge is 0.244 e. The molecule has 0 aliphatic rings. The topological polar surface area (TPSA) is 51.6 Å². The Morgan fingerprint density at radius 1 is 1.33 bits per heavy atom. The molecule has 0 spiro atoms. The summed E-state index contributed by atoms with van der Waals surface area (Å²) in [6.45, 7) is 0. The first kappa shape index (κ1) is 10.3. The third kappa shape index (κ3) is 2.24. The van der Waals surface area contributed by atoms with E-state index in [1.165, 1.54) is 18.1 Å². The van der Waals surface area contributed by atoms with Gasteiger partial charge in [-0.2, -0.15) is 0 Å². The number of rotatable bonds is 2. The molecule has 0 N–H and O–H groups in total. The van der Waals surface area contributed by atoms with Crippen molar-refractivity contribution in [2.45, 2.75) is 5.16 Å². The molecule has 0 radical (unpaired) electrons. The minimum Gasteiger partial charge on any atom is -0.244 e. The van der Waals surface area contributed by atoms with Crippen molar-refractivity contribution in [3.05, 3.63) is 29.9 Å². The molecule has 6 heteroatoms. The summed E-state index contributed by atoms with van der Waals surface area (Å²) in [4.78, 5) is 16.2. The highest BCUT2D eigenvalue weighted by atomic mass is 35.5. The number of aromatic nitrogens is 4. The van der Waals surface area contributed by atoms with Gasteiger partial charge in [-0.05, 0) is 12.3 Å². The summed E-state index contributed by atoms with van der Waals surface area (Å²) >= 11 is 7.41. The Balaban J connectivity index is 2.49. The van der Waals surface area contributed by atoms with Gasteiger partial charge >= 0.3 is 0 Å². The van der Waals surface area contributed by atoms with E-state index in [9.17, 15) is 0 Å². The second-order valence-electron chi connectivity index (χ2n) is 2.66. The van der Waals surface area contributed by atoms with Crippen LogP contribution in [0.25, 0.3) is 11.3 Å². The van der Waals surface area contributed by atoms with Gasteiger partial charge in [0.05, 0.1) is 11.3 Å². The second-order valence-corrected chi connectivity index (χ2v) is 3.79. The van der Waals surface area contributed by atoms with Crippen LogP contribution in [0.5, 0.6) is 0 Å². The van der Waals surface area contributed by atoms with Gasteiger partial charge in [-0.15, -0.1) is 0 Å². The van der Waals surface area contributed by atoms with Gasteiger partial charge < -0.3 is 0 Å². The quantitative estimate of drug-likeness (QED) is 0.457. The highest BCUT2D eigenvalue weighted by Gasteiger charge is 2.06. The molecule has 0 aliphatic heterocycles. The number of thioether (sulfide) groups is 1. The van der Waals surface area contributed by atoms with Crippen molar-refractivity contribution in [1.29, 1.82) is 0 Å². The predicted octanol–water partition coefficient (Wildman–Crippen LogP) is 2.31.